The molecule has 0 saturated carbocycles. The monoisotopic (exact) mass is 89.0 g/mol. The minimum absolute atomic E-state index is 0.682. The van der Waals surface area contributed by atoms with Crippen LogP contribution in [0.1, 0.15) is 0 Å². The van der Waals surface area contributed by atoms with Crippen LogP contribution in [-0.4, -0.2) is 13.9 Å². The summed E-state index contributed by atoms with van der Waals surface area (Å²) in [6.45, 7) is 1.50. The van der Waals surface area contributed by atoms with Crippen molar-refractivity contribution in [3.8, 4) is 0 Å². The van der Waals surface area contributed by atoms with E-state index in [1.165, 1.54) is 6.82 Å². The average Bonchev–Trinajstić information content (AvgIpc) is 1.41. The standard InChI is InChI=1S/CH5BNOP/c1-4-2-5-3/h3H2,1H3. The summed E-state index contributed by atoms with van der Waals surface area (Å²) in [6, 6.07) is 0. The van der Waals surface area contributed by atoms with Crippen molar-refractivity contribution in [1.29, 1.82) is 0 Å². The Labute approximate surface area is 33.4 Å². The van der Waals surface area contributed by atoms with Crippen LogP contribution in [0.4, 0.5) is 0 Å². The van der Waals surface area contributed by atoms with Gasteiger partial charge in [0.25, 0.3) is 0 Å². The van der Waals surface area contributed by atoms with E-state index in [4.69, 9.17) is 5.50 Å². The van der Waals surface area contributed by atoms with E-state index in [1.807, 2.05) is 0 Å². The molecule has 0 saturated heterocycles. The molecular formula is CH5BNOP. The zero-order chi connectivity index (χ0) is 4.12. The van der Waals surface area contributed by atoms with Gasteiger partial charge < -0.3 is 0 Å². The zero-order valence-electron chi connectivity index (χ0n) is 3.01. The first-order chi connectivity index (χ1) is 2.41. The number of hydrogen-bond acceptors (Lipinski definition) is 2. The first kappa shape index (κ1) is 5.28. The van der Waals surface area contributed by atoms with Crippen molar-refractivity contribution in [1.82, 2.24) is 0 Å². The van der Waals surface area contributed by atoms with Crippen molar-refractivity contribution in [3.63, 3.8) is 0 Å². The summed E-state index contributed by atoms with van der Waals surface area (Å²) >= 11 is 0. The van der Waals surface area contributed by atoms with Gasteiger partial charge in [0.15, 0.2) is 0 Å². The Morgan fingerprint density at radius 1 is 2.00 bits per heavy atom. The number of nitrogens with two attached hydrogens (primary N) is 1. The van der Waals surface area contributed by atoms with Gasteiger partial charge in [-0.3, -0.25) is 0 Å². The third kappa shape index (κ3) is 4.28. The molecule has 0 amide bonds. The van der Waals surface area contributed by atoms with Crippen molar-refractivity contribution in [2.24, 2.45) is 5.50 Å². The summed E-state index contributed by atoms with van der Waals surface area (Å²) in [7, 11) is 2.25. The summed E-state index contributed by atoms with van der Waals surface area (Å²) in [6.07, 6.45) is 0. The molecule has 0 atom stereocenters. The molecule has 0 aromatic rings. The minimum atomic E-state index is 0.682. The van der Waals surface area contributed by atoms with E-state index in [0.29, 0.717) is 8.22 Å². The van der Waals surface area contributed by atoms with Gasteiger partial charge in [0.05, 0.1) is 0 Å². The average molecular weight is 88.8 g/mol. The quantitative estimate of drug-likeness (QED) is 0.362. The van der Waals surface area contributed by atoms with E-state index in [0.717, 1.165) is 0 Å². The van der Waals surface area contributed by atoms with Crippen LogP contribution in [0.25, 0.3) is 0 Å². The van der Waals surface area contributed by atoms with Crippen LogP contribution in [0.15, 0.2) is 0 Å². The number of rotatable bonds is 1. The first-order valence-corrected chi connectivity index (χ1v) is 2.19. The fraction of sp³-hybridized carbons (Fsp3) is 1.00. The van der Waals surface area contributed by atoms with Crippen LogP contribution in [-0.2, 0) is 4.65 Å². The second kappa shape index (κ2) is 4.28. The third-order valence-corrected chi connectivity index (χ3v) is 0.499. The molecule has 28 valence electrons. The molecule has 0 aromatic heterocycles. The maximum atomic E-state index is 4.93. The van der Waals surface area contributed by atoms with Crippen molar-refractivity contribution in [2.75, 3.05) is 7.11 Å². The van der Waals surface area contributed by atoms with Gasteiger partial charge >= 0.3 is 32.3 Å². The maximum absolute atomic E-state index is 4.93. The van der Waals surface area contributed by atoms with Crippen LogP contribution in [0.2, 0.25) is 0 Å². The van der Waals surface area contributed by atoms with E-state index < -0.39 is 0 Å². The Bertz CT molecular complexity index is 38.6. The van der Waals surface area contributed by atoms with Gasteiger partial charge in [-0.2, -0.15) is 0 Å². The Hall–Kier alpha value is 0.285. The van der Waals surface area contributed by atoms with Crippen LogP contribution in [0.5, 0.6) is 0 Å². The van der Waals surface area contributed by atoms with E-state index in [9.17, 15) is 0 Å². The van der Waals surface area contributed by atoms with Gasteiger partial charge in [0.2, 0.25) is 0 Å². The molecule has 0 fully saturated rings. The molecule has 2 nitrogen and oxygen atoms in total. The molecular weight excluding hydrogens is 83.8 g/mol. The van der Waals surface area contributed by atoms with Gasteiger partial charge in [0, 0.05) is 0 Å². The molecule has 0 bridgehead atoms. The van der Waals surface area contributed by atoms with Gasteiger partial charge in [-0.05, 0) is 0 Å². The zero-order valence-corrected chi connectivity index (χ0v) is 3.90. The predicted octanol–water partition coefficient (Wildman–Crippen LogP) is -0.0131. The van der Waals surface area contributed by atoms with Gasteiger partial charge in [-0.25, -0.2) is 0 Å². The Morgan fingerprint density at radius 2 is 2.60 bits per heavy atom. The SMILES string of the molecule is COB=PN. The molecule has 0 unspecified atom stereocenters. The van der Waals surface area contributed by atoms with Crippen LogP contribution < -0.4 is 5.50 Å². The van der Waals surface area contributed by atoms with Crippen molar-refractivity contribution >= 4 is 15.0 Å². The van der Waals surface area contributed by atoms with Crippen LogP contribution >= 0.6 is 8.22 Å². The summed E-state index contributed by atoms with van der Waals surface area (Å²) in [5, 5.41) is 0. The summed E-state index contributed by atoms with van der Waals surface area (Å²) in [4.78, 5) is 0. The predicted molar refractivity (Wildman–Crippen MR) is 23.9 cm³/mol. The van der Waals surface area contributed by atoms with Gasteiger partial charge in [0.1, 0.15) is 0 Å². The molecule has 0 rings (SSSR count). The molecule has 5 heavy (non-hydrogen) atoms. The van der Waals surface area contributed by atoms with E-state index in [1.54, 1.807) is 7.11 Å². The molecule has 0 aromatic carbocycles. The van der Waals surface area contributed by atoms with Crippen molar-refractivity contribution in [2.45, 2.75) is 0 Å². The van der Waals surface area contributed by atoms with Crippen LogP contribution in [0, 0.1) is 0 Å². The topological polar surface area (TPSA) is 35.2 Å². The fourth-order valence-corrected chi connectivity index (χ4v) is 0.183. The van der Waals surface area contributed by atoms with E-state index >= 15 is 0 Å². The van der Waals surface area contributed by atoms with Gasteiger partial charge in [-0.15, -0.1) is 0 Å². The molecule has 2 N–H and O–H groups in total. The first-order valence-electron chi connectivity index (χ1n) is 1.16. The van der Waals surface area contributed by atoms with E-state index in [-0.39, 0.29) is 0 Å². The number of hydrogen-bond donors (Lipinski definition) is 1. The Kier molecular flexibility index (Phi) is 4.53. The Morgan fingerprint density at radius 3 is 2.60 bits per heavy atom. The van der Waals surface area contributed by atoms with Crippen molar-refractivity contribution < 1.29 is 4.65 Å². The molecule has 0 aliphatic carbocycles. The summed E-state index contributed by atoms with van der Waals surface area (Å²) in [5.41, 5.74) is 4.93. The third-order valence-electron chi connectivity index (χ3n) is 0.166. The molecule has 0 spiro atoms. The molecule has 0 aliphatic heterocycles. The molecule has 0 heterocycles. The van der Waals surface area contributed by atoms with E-state index in [2.05, 4.69) is 4.65 Å². The molecule has 0 radical (unpaired) electrons. The summed E-state index contributed by atoms with van der Waals surface area (Å²) in [5.74, 6) is 0. The normalized spacial score (nSPS) is 8.40. The fourth-order valence-electron chi connectivity index (χ4n) is 0.0609. The molecule has 0 aliphatic rings. The summed E-state index contributed by atoms with van der Waals surface area (Å²) < 4.78 is 4.43. The second-order valence-electron chi connectivity index (χ2n) is 0.490. The second-order valence-corrected chi connectivity index (χ2v) is 0.999. The Balaban J connectivity index is 2.62. The van der Waals surface area contributed by atoms with Crippen LogP contribution in [0.3, 0.4) is 0 Å². The molecule has 4 heteroatoms. The van der Waals surface area contributed by atoms with Crippen molar-refractivity contribution in [3.05, 3.63) is 0 Å². The van der Waals surface area contributed by atoms with Gasteiger partial charge in [-0.1, -0.05) is 0 Å².